The standard InChI is InChI=1S/2C11H19Si.C2H7Si.2ClH.Zr/c2*1-9(2)10-6-7-11(8-10)12(3,4)5;1-3-2;;;/h2*6-9H,1-5H3;3H,1-2H3;2*1H;/q2*-1;;;;+4/p-2. The maximum Gasteiger partial charge on any atom is 4.00 e. The van der Waals surface area contributed by atoms with E-state index in [0.29, 0.717) is 11.8 Å². The Bertz CT molecular complexity index is 592. The Balaban J connectivity index is -0.000000183. The Morgan fingerprint density at radius 2 is 0.900 bits per heavy atom. The van der Waals surface area contributed by atoms with E-state index < -0.39 is 16.1 Å². The van der Waals surface area contributed by atoms with Crippen molar-refractivity contribution in [1.29, 1.82) is 0 Å². The smallest absolute Gasteiger partial charge is 1.00 e. The van der Waals surface area contributed by atoms with E-state index in [2.05, 4.69) is 116 Å². The zero-order valence-corrected chi connectivity index (χ0v) is 28.6. The van der Waals surface area contributed by atoms with Crippen LogP contribution in [0.5, 0.6) is 0 Å². The van der Waals surface area contributed by atoms with Gasteiger partial charge < -0.3 is 24.8 Å². The number of rotatable bonds is 4. The Labute approximate surface area is 224 Å². The molecule has 0 heterocycles. The molecule has 0 aliphatic heterocycles. The number of hydrogen-bond donors (Lipinski definition) is 0. The van der Waals surface area contributed by atoms with Gasteiger partial charge in [-0.05, 0) is 11.8 Å². The molecule has 2 aromatic carbocycles. The van der Waals surface area contributed by atoms with Gasteiger partial charge >= 0.3 is 26.2 Å². The molecule has 171 valence electrons. The fourth-order valence-electron chi connectivity index (χ4n) is 2.57. The van der Waals surface area contributed by atoms with E-state index in [0.717, 1.165) is 9.52 Å². The van der Waals surface area contributed by atoms with Crippen molar-refractivity contribution in [2.45, 2.75) is 91.9 Å². The maximum atomic E-state index is 2.40. The minimum absolute atomic E-state index is 0. The first-order valence-corrected chi connectivity index (χ1v) is 19.8. The summed E-state index contributed by atoms with van der Waals surface area (Å²) in [4.78, 5) is 0. The van der Waals surface area contributed by atoms with Gasteiger partial charge in [0.05, 0.1) is 0 Å². The summed E-state index contributed by atoms with van der Waals surface area (Å²) in [5, 5.41) is 3.18. The van der Waals surface area contributed by atoms with Crippen LogP contribution in [0.2, 0.25) is 52.4 Å². The largest absolute Gasteiger partial charge is 4.00 e. The molecular formula is C24H45Cl2Si3Zr. The molecule has 0 saturated heterocycles. The van der Waals surface area contributed by atoms with Gasteiger partial charge in [-0.25, -0.2) is 22.5 Å². The molecule has 0 unspecified atom stereocenters. The summed E-state index contributed by atoms with van der Waals surface area (Å²) >= 11 is 0. The van der Waals surface area contributed by atoms with Crippen LogP contribution < -0.4 is 35.2 Å². The van der Waals surface area contributed by atoms with Crippen molar-refractivity contribution in [3.63, 3.8) is 0 Å². The first-order chi connectivity index (χ1) is 12.2. The van der Waals surface area contributed by atoms with Crippen LogP contribution >= 0.6 is 0 Å². The molecule has 0 aliphatic carbocycles. The average Bonchev–Trinajstić information content (AvgIpc) is 3.17. The van der Waals surface area contributed by atoms with Gasteiger partial charge in [-0.1, -0.05) is 80.1 Å². The molecular weight excluding hydrogens is 535 g/mol. The van der Waals surface area contributed by atoms with Crippen LogP contribution in [0.1, 0.15) is 50.7 Å². The first-order valence-electron chi connectivity index (χ1n) is 10.5. The van der Waals surface area contributed by atoms with Gasteiger partial charge in [0.25, 0.3) is 0 Å². The first kappa shape index (κ1) is 38.1. The molecule has 2 aromatic rings. The van der Waals surface area contributed by atoms with E-state index in [1.54, 1.807) is 10.4 Å². The molecule has 30 heavy (non-hydrogen) atoms. The van der Waals surface area contributed by atoms with E-state index >= 15 is 0 Å². The summed E-state index contributed by atoms with van der Waals surface area (Å²) in [7, 11) is -1.37. The second-order valence-electron chi connectivity index (χ2n) is 10.3. The third-order valence-corrected chi connectivity index (χ3v) is 8.71. The number of halogens is 2. The summed E-state index contributed by atoms with van der Waals surface area (Å²) in [6, 6.07) is 13.9. The molecule has 6 heteroatoms. The maximum absolute atomic E-state index is 2.40. The van der Waals surface area contributed by atoms with Gasteiger partial charge in [0, 0.05) is 25.7 Å². The normalized spacial score (nSPS) is 10.6. The van der Waals surface area contributed by atoms with Gasteiger partial charge in [0.2, 0.25) is 0 Å². The fraction of sp³-hybridized carbons (Fsp3) is 0.583. The molecule has 0 aromatic heterocycles. The molecule has 0 nitrogen and oxygen atoms in total. The summed E-state index contributed by atoms with van der Waals surface area (Å²) in [6.45, 7) is 27.8. The molecule has 0 aliphatic rings. The van der Waals surface area contributed by atoms with Crippen molar-refractivity contribution in [1.82, 2.24) is 0 Å². The molecule has 0 spiro atoms. The zero-order chi connectivity index (χ0) is 21.4. The summed E-state index contributed by atoms with van der Waals surface area (Å²) in [5.41, 5.74) is 2.99. The molecule has 0 saturated carbocycles. The molecule has 0 fully saturated rings. The third-order valence-electron chi connectivity index (χ3n) is 4.62. The topological polar surface area (TPSA) is 0 Å². The predicted molar refractivity (Wildman–Crippen MR) is 137 cm³/mol. The quantitative estimate of drug-likeness (QED) is 0.369. The summed E-state index contributed by atoms with van der Waals surface area (Å²) in [5.74, 6) is 1.35. The van der Waals surface area contributed by atoms with Crippen molar-refractivity contribution < 1.29 is 51.0 Å². The Morgan fingerprint density at radius 3 is 1.00 bits per heavy atom. The van der Waals surface area contributed by atoms with Crippen LogP contribution in [0, 0.1) is 0 Å². The zero-order valence-electron chi connectivity index (χ0n) is 21.5. The van der Waals surface area contributed by atoms with Crippen LogP contribution in [0.15, 0.2) is 36.4 Å². The second-order valence-corrected chi connectivity index (χ2v) is 21.6. The minimum atomic E-state index is -1.06. The summed E-state index contributed by atoms with van der Waals surface area (Å²) < 4.78 is 0. The Hall–Kier alpha value is 0.814. The number of hydrogen-bond acceptors (Lipinski definition) is 0. The van der Waals surface area contributed by atoms with Crippen LogP contribution in [0.25, 0.3) is 0 Å². The average molecular weight is 580 g/mol. The van der Waals surface area contributed by atoms with E-state index in [9.17, 15) is 0 Å². The van der Waals surface area contributed by atoms with Crippen LogP contribution in [-0.4, -0.2) is 25.7 Å². The molecule has 0 bridgehead atoms. The van der Waals surface area contributed by atoms with Crippen LogP contribution in [-0.2, 0) is 26.2 Å². The van der Waals surface area contributed by atoms with Crippen molar-refractivity contribution in [2.75, 3.05) is 0 Å². The Morgan fingerprint density at radius 1 is 0.667 bits per heavy atom. The molecule has 0 N–H and O–H groups in total. The van der Waals surface area contributed by atoms with E-state index in [-0.39, 0.29) is 51.0 Å². The second kappa shape index (κ2) is 17.3. The van der Waals surface area contributed by atoms with Crippen molar-refractivity contribution in [3.05, 3.63) is 47.5 Å². The third kappa shape index (κ3) is 14.8. The van der Waals surface area contributed by atoms with Crippen molar-refractivity contribution in [2.24, 2.45) is 0 Å². The minimum Gasteiger partial charge on any atom is -1.00 e. The van der Waals surface area contributed by atoms with E-state index in [4.69, 9.17) is 0 Å². The van der Waals surface area contributed by atoms with Crippen LogP contribution in [0.3, 0.4) is 0 Å². The predicted octanol–water partition coefficient (Wildman–Crippen LogP) is 0.673. The van der Waals surface area contributed by atoms with Gasteiger partial charge in [-0.15, -0.1) is 0 Å². The van der Waals surface area contributed by atoms with Crippen LogP contribution in [0.4, 0.5) is 0 Å². The summed E-state index contributed by atoms with van der Waals surface area (Å²) in [6.07, 6.45) is 0. The monoisotopic (exact) mass is 577 g/mol. The van der Waals surface area contributed by atoms with E-state index in [1.807, 2.05) is 0 Å². The fourth-order valence-corrected chi connectivity index (χ4v) is 4.94. The van der Waals surface area contributed by atoms with Gasteiger partial charge in [-0.3, -0.25) is 0 Å². The van der Waals surface area contributed by atoms with Gasteiger partial charge in [0.15, 0.2) is 0 Å². The van der Waals surface area contributed by atoms with Crippen molar-refractivity contribution >= 4 is 36.0 Å². The van der Waals surface area contributed by atoms with Gasteiger partial charge in [-0.2, -0.15) is 35.4 Å². The SMILES string of the molecule is CC(C)c1cc([Si](C)(C)C)c[cH-]1.CC(C)c1cc([Si](C)(C)C)c[cH-]1.C[SiH]C.[Cl-].[Cl-].[Zr+4]. The van der Waals surface area contributed by atoms with E-state index in [1.165, 1.54) is 11.1 Å². The molecule has 0 amide bonds. The molecule has 2 rings (SSSR count). The Kier molecular flexibility index (Phi) is 22.0. The van der Waals surface area contributed by atoms with Crippen molar-refractivity contribution in [3.8, 4) is 0 Å². The molecule has 1 radical (unpaired) electrons. The van der Waals surface area contributed by atoms with Gasteiger partial charge in [0.1, 0.15) is 0 Å². The molecule has 0 atom stereocenters.